The maximum absolute atomic E-state index is 11.9. The third-order valence-electron chi connectivity index (χ3n) is 3.54. The first-order chi connectivity index (χ1) is 9.24. The lowest BCUT2D eigenvalue weighted by atomic mass is 9.83. The van der Waals surface area contributed by atoms with Gasteiger partial charge in [-0.05, 0) is 33.6 Å². The van der Waals surface area contributed by atoms with Crippen molar-refractivity contribution in [1.29, 1.82) is 0 Å². The first-order valence-corrected chi connectivity index (χ1v) is 6.76. The Balaban J connectivity index is 2.24. The molecule has 0 amide bonds. The lowest BCUT2D eigenvalue weighted by Crippen LogP contribution is -2.33. The molecule has 0 radical (unpaired) electrons. The third kappa shape index (κ3) is 2.69. The molecule has 1 aromatic heterocycles. The van der Waals surface area contributed by atoms with Gasteiger partial charge in [-0.1, -0.05) is 12.8 Å². The topological polar surface area (TPSA) is 81.4 Å². The molecule has 1 saturated carbocycles. The molecule has 0 saturated heterocycles. The number of hydrogen-bond acceptors (Lipinski definition) is 4. The van der Waals surface area contributed by atoms with Crippen molar-refractivity contribution in [2.75, 3.05) is 0 Å². The van der Waals surface area contributed by atoms with Crippen LogP contribution in [0, 0.1) is 0 Å². The molecule has 0 spiro atoms. The minimum Gasteiger partial charge on any atom is -0.481 e. The summed E-state index contributed by atoms with van der Waals surface area (Å²) in [6.07, 6.45) is 5.12. The molecule has 1 heterocycles. The van der Waals surface area contributed by atoms with Gasteiger partial charge in [0.2, 0.25) is 0 Å². The smallest absolute Gasteiger partial charge is 0.419 e. The van der Waals surface area contributed by atoms with Crippen LogP contribution in [0.3, 0.4) is 0 Å². The van der Waals surface area contributed by atoms with Gasteiger partial charge in [0.05, 0.1) is 5.69 Å². The van der Waals surface area contributed by atoms with Crippen LogP contribution in [0.4, 0.5) is 4.79 Å². The van der Waals surface area contributed by atoms with Gasteiger partial charge in [-0.2, -0.15) is 0 Å². The van der Waals surface area contributed by atoms with Crippen molar-refractivity contribution < 1.29 is 19.4 Å². The lowest BCUT2D eigenvalue weighted by Gasteiger charge is -2.21. The van der Waals surface area contributed by atoms with Crippen molar-refractivity contribution in [2.24, 2.45) is 0 Å². The number of aromatic nitrogens is 2. The van der Waals surface area contributed by atoms with Crippen molar-refractivity contribution in [2.45, 2.75) is 57.5 Å². The summed E-state index contributed by atoms with van der Waals surface area (Å²) in [5, 5.41) is 9.49. The average molecular weight is 280 g/mol. The second kappa shape index (κ2) is 4.92. The van der Waals surface area contributed by atoms with Gasteiger partial charge in [0.25, 0.3) is 0 Å². The number of imidazole rings is 1. The summed E-state index contributed by atoms with van der Waals surface area (Å²) >= 11 is 0. The second-order valence-corrected chi connectivity index (χ2v) is 6.24. The molecule has 0 aromatic carbocycles. The number of hydrogen-bond donors (Lipinski definition) is 1. The summed E-state index contributed by atoms with van der Waals surface area (Å²) in [6.45, 7) is 5.33. The molecule has 1 N–H and O–H groups in total. The monoisotopic (exact) mass is 280 g/mol. The summed E-state index contributed by atoms with van der Waals surface area (Å²) in [4.78, 5) is 27.6. The number of nitrogens with zero attached hydrogens (tertiary/aromatic N) is 2. The van der Waals surface area contributed by atoms with Gasteiger partial charge in [-0.3, -0.25) is 4.79 Å². The van der Waals surface area contributed by atoms with Gasteiger partial charge in [0.15, 0.2) is 0 Å². The Morgan fingerprint density at radius 1 is 1.35 bits per heavy atom. The van der Waals surface area contributed by atoms with Crippen LogP contribution in [0.2, 0.25) is 0 Å². The standard InChI is InChI=1S/C14H20N2O4/c1-13(2,3)20-12(19)16-8-10(15-9-16)14(11(17)18)6-4-5-7-14/h8-9H,4-7H2,1-3H3,(H,17,18). The van der Waals surface area contributed by atoms with Gasteiger partial charge in [0.1, 0.15) is 17.3 Å². The van der Waals surface area contributed by atoms with Crippen LogP contribution in [-0.4, -0.2) is 32.3 Å². The van der Waals surface area contributed by atoms with Gasteiger partial charge < -0.3 is 9.84 Å². The quantitative estimate of drug-likeness (QED) is 0.900. The number of carboxylic acids is 1. The van der Waals surface area contributed by atoms with Crippen LogP contribution in [0.15, 0.2) is 12.5 Å². The van der Waals surface area contributed by atoms with Gasteiger partial charge in [0, 0.05) is 6.20 Å². The first kappa shape index (κ1) is 14.6. The first-order valence-electron chi connectivity index (χ1n) is 6.76. The molecule has 110 valence electrons. The summed E-state index contributed by atoms with van der Waals surface area (Å²) < 4.78 is 6.44. The molecule has 0 aliphatic heterocycles. The number of ether oxygens (including phenoxy) is 1. The van der Waals surface area contributed by atoms with E-state index in [0.29, 0.717) is 18.5 Å². The fraction of sp³-hybridized carbons (Fsp3) is 0.643. The van der Waals surface area contributed by atoms with Crippen LogP contribution in [0.1, 0.15) is 52.1 Å². The SMILES string of the molecule is CC(C)(C)OC(=O)n1cnc(C2(C(=O)O)CCCC2)c1. The highest BCUT2D eigenvalue weighted by Crippen LogP contribution is 2.40. The minimum atomic E-state index is -0.951. The summed E-state index contributed by atoms with van der Waals surface area (Å²) in [7, 11) is 0. The molecule has 6 nitrogen and oxygen atoms in total. The van der Waals surface area contributed by atoms with Gasteiger partial charge >= 0.3 is 12.1 Å². The molecule has 1 aromatic rings. The second-order valence-electron chi connectivity index (χ2n) is 6.24. The number of carboxylic acid groups (broad SMARTS) is 1. The average Bonchev–Trinajstić information content (AvgIpc) is 2.96. The molecule has 1 fully saturated rings. The molecular formula is C14H20N2O4. The molecular weight excluding hydrogens is 260 g/mol. The highest BCUT2D eigenvalue weighted by molar-refractivity contribution is 5.81. The Labute approximate surface area is 117 Å². The van der Waals surface area contributed by atoms with Gasteiger partial charge in [-0.15, -0.1) is 0 Å². The minimum absolute atomic E-state index is 0.438. The third-order valence-corrected chi connectivity index (χ3v) is 3.54. The Morgan fingerprint density at radius 2 is 1.95 bits per heavy atom. The molecule has 6 heteroatoms. The van der Waals surface area contributed by atoms with E-state index in [2.05, 4.69) is 4.98 Å². The van der Waals surface area contributed by atoms with Crippen LogP contribution in [0.25, 0.3) is 0 Å². The van der Waals surface area contributed by atoms with Crippen LogP contribution in [0.5, 0.6) is 0 Å². The number of carbonyl (C=O) groups is 2. The van der Waals surface area contributed by atoms with Crippen molar-refractivity contribution >= 4 is 12.1 Å². The zero-order chi connectivity index (χ0) is 15.0. The number of rotatable bonds is 2. The van der Waals surface area contributed by atoms with E-state index in [9.17, 15) is 14.7 Å². The van der Waals surface area contributed by atoms with Crippen LogP contribution in [-0.2, 0) is 14.9 Å². The van der Waals surface area contributed by atoms with Crippen molar-refractivity contribution in [1.82, 2.24) is 9.55 Å². The fourth-order valence-electron chi connectivity index (χ4n) is 2.54. The Kier molecular flexibility index (Phi) is 3.58. The Hall–Kier alpha value is -1.85. The highest BCUT2D eigenvalue weighted by Gasteiger charge is 2.45. The predicted molar refractivity (Wildman–Crippen MR) is 71.6 cm³/mol. The summed E-state index contributed by atoms with van der Waals surface area (Å²) in [6, 6.07) is 0. The maximum atomic E-state index is 11.9. The van der Waals surface area contributed by atoms with E-state index in [0.717, 1.165) is 12.8 Å². The molecule has 0 unspecified atom stereocenters. The van der Waals surface area contributed by atoms with E-state index in [1.807, 2.05) is 0 Å². The van der Waals surface area contributed by atoms with Crippen LogP contribution >= 0.6 is 0 Å². The molecule has 0 atom stereocenters. The molecule has 2 rings (SSSR count). The predicted octanol–water partition coefficient (Wildman–Crippen LogP) is 2.56. The van der Waals surface area contributed by atoms with E-state index >= 15 is 0 Å². The zero-order valence-electron chi connectivity index (χ0n) is 12.0. The van der Waals surface area contributed by atoms with E-state index in [1.165, 1.54) is 17.1 Å². The molecule has 1 aliphatic rings. The number of aliphatic carboxylic acids is 1. The Morgan fingerprint density at radius 3 is 2.45 bits per heavy atom. The molecule has 20 heavy (non-hydrogen) atoms. The largest absolute Gasteiger partial charge is 0.481 e. The van der Waals surface area contributed by atoms with E-state index in [4.69, 9.17) is 4.74 Å². The van der Waals surface area contributed by atoms with E-state index < -0.39 is 23.1 Å². The highest BCUT2D eigenvalue weighted by atomic mass is 16.6. The molecule has 0 bridgehead atoms. The van der Waals surface area contributed by atoms with Crippen molar-refractivity contribution in [3.63, 3.8) is 0 Å². The normalized spacial score (nSPS) is 17.9. The van der Waals surface area contributed by atoms with E-state index in [-0.39, 0.29) is 0 Å². The van der Waals surface area contributed by atoms with Crippen molar-refractivity contribution in [3.05, 3.63) is 18.2 Å². The van der Waals surface area contributed by atoms with Gasteiger partial charge in [-0.25, -0.2) is 14.3 Å². The summed E-state index contributed by atoms with van der Waals surface area (Å²) in [5.41, 5.74) is -1.11. The van der Waals surface area contributed by atoms with Crippen LogP contribution < -0.4 is 0 Å². The van der Waals surface area contributed by atoms with E-state index in [1.54, 1.807) is 20.8 Å². The molecule has 1 aliphatic carbocycles. The van der Waals surface area contributed by atoms with Crippen molar-refractivity contribution in [3.8, 4) is 0 Å². The fourth-order valence-corrected chi connectivity index (χ4v) is 2.54. The maximum Gasteiger partial charge on any atom is 0.419 e. The number of carbonyl (C=O) groups excluding carboxylic acids is 1. The zero-order valence-corrected chi connectivity index (χ0v) is 12.0. The lowest BCUT2D eigenvalue weighted by molar-refractivity contribution is -0.143. The summed E-state index contributed by atoms with van der Waals surface area (Å²) in [5.74, 6) is -0.871. The Bertz CT molecular complexity index is 522.